The van der Waals surface area contributed by atoms with E-state index in [1.54, 1.807) is 12.1 Å². The number of esters is 1. The molecular weight excluding hydrogens is 460 g/mol. The third-order valence-electron chi connectivity index (χ3n) is 5.59. The van der Waals surface area contributed by atoms with Crippen molar-refractivity contribution in [3.63, 3.8) is 0 Å². The van der Waals surface area contributed by atoms with Gasteiger partial charge in [0.2, 0.25) is 5.79 Å². The summed E-state index contributed by atoms with van der Waals surface area (Å²) in [7, 11) is 0. The van der Waals surface area contributed by atoms with Crippen LogP contribution in [0.4, 0.5) is 0 Å². The Bertz CT molecular complexity index is 846. The van der Waals surface area contributed by atoms with Crippen molar-refractivity contribution >= 4 is 12.0 Å². The van der Waals surface area contributed by atoms with Crippen LogP contribution in [0.5, 0.6) is 5.75 Å². The molecular formula is C21H28O13. The van der Waals surface area contributed by atoms with Gasteiger partial charge >= 0.3 is 5.97 Å². The fraction of sp³-hybridized carbons (Fsp3) is 0.571. The Kier molecular flexibility index (Phi) is 8.59. The van der Waals surface area contributed by atoms with Crippen LogP contribution in [0.3, 0.4) is 0 Å². The molecule has 2 saturated heterocycles. The van der Waals surface area contributed by atoms with E-state index >= 15 is 0 Å². The summed E-state index contributed by atoms with van der Waals surface area (Å²) in [5, 5.41) is 79.1. The molecule has 8 N–H and O–H groups in total. The maximum atomic E-state index is 12.0. The predicted molar refractivity (Wildman–Crippen MR) is 110 cm³/mol. The smallest absolute Gasteiger partial charge is 0.330 e. The number of phenolic OH excluding ortho intramolecular Hbond substituents is 1. The molecule has 2 aliphatic rings. The van der Waals surface area contributed by atoms with Crippen molar-refractivity contribution in [1.29, 1.82) is 0 Å². The van der Waals surface area contributed by atoms with Crippen LogP contribution in [0, 0.1) is 0 Å². The molecule has 0 spiro atoms. The molecule has 1 aromatic carbocycles. The zero-order chi connectivity index (χ0) is 25.0. The van der Waals surface area contributed by atoms with E-state index in [2.05, 4.69) is 0 Å². The number of aromatic hydroxyl groups is 1. The quantitative estimate of drug-likeness (QED) is 0.132. The van der Waals surface area contributed by atoms with Crippen molar-refractivity contribution in [3.05, 3.63) is 35.9 Å². The second kappa shape index (κ2) is 11.0. The lowest BCUT2D eigenvalue weighted by Crippen LogP contribution is -2.62. The summed E-state index contributed by atoms with van der Waals surface area (Å²) in [4.78, 5) is 12.0. The Morgan fingerprint density at radius 1 is 0.971 bits per heavy atom. The molecule has 0 saturated carbocycles. The van der Waals surface area contributed by atoms with Gasteiger partial charge in [0, 0.05) is 6.08 Å². The molecule has 13 heteroatoms. The van der Waals surface area contributed by atoms with Gasteiger partial charge in [-0.05, 0) is 23.8 Å². The topological polar surface area (TPSA) is 216 Å². The van der Waals surface area contributed by atoms with Crippen LogP contribution >= 0.6 is 0 Å². The highest BCUT2D eigenvalue weighted by Gasteiger charge is 2.58. The monoisotopic (exact) mass is 488 g/mol. The summed E-state index contributed by atoms with van der Waals surface area (Å²) in [6, 6.07) is 5.97. The van der Waals surface area contributed by atoms with Gasteiger partial charge in [0.1, 0.15) is 61.7 Å². The molecule has 0 radical (unpaired) electrons. The number of hydrogen-bond acceptors (Lipinski definition) is 13. The summed E-state index contributed by atoms with van der Waals surface area (Å²) in [5.41, 5.74) is 0.600. The first kappa shape index (κ1) is 26.4. The molecule has 0 bridgehead atoms. The number of hydrogen-bond donors (Lipinski definition) is 8. The first-order valence-electron chi connectivity index (χ1n) is 10.4. The van der Waals surface area contributed by atoms with Gasteiger partial charge in [0.25, 0.3) is 0 Å². The molecule has 9 atom stereocenters. The van der Waals surface area contributed by atoms with Crippen LogP contribution in [0.1, 0.15) is 5.56 Å². The zero-order valence-electron chi connectivity index (χ0n) is 17.8. The fourth-order valence-electron chi connectivity index (χ4n) is 3.58. The molecule has 2 aliphatic heterocycles. The maximum Gasteiger partial charge on any atom is 0.330 e. The van der Waals surface area contributed by atoms with Crippen molar-refractivity contribution in [2.75, 3.05) is 19.8 Å². The summed E-state index contributed by atoms with van der Waals surface area (Å²) in [6.07, 6.45) is -10.9. The van der Waals surface area contributed by atoms with Gasteiger partial charge in [-0.25, -0.2) is 4.79 Å². The van der Waals surface area contributed by atoms with Gasteiger partial charge in [-0.1, -0.05) is 12.1 Å². The van der Waals surface area contributed by atoms with Crippen LogP contribution in [0.2, 0.25) is 0 Å². The largest absolute Gasteiger partial charge is 0.508 e. The molecule has 34 heavy (non-hydrogen) atoms. The molecule has 0 aliphatic carbocycles. The van der Waals surface area contributed by atoms with Gasteiger partial charge in [-0.2, -0.15) is 0 Å². The third-order valence-corrected chi connectivity index (χ3v) is 5.59. The number of rotatable bonds is 8. The van der Waals surface area contributed by atoms with Gasteiger partial charge < -0.3 is 59.8 Å². The van der Waals surface area contributed by atoms with Crippen LogP contribution < -0.4 is 0 Å². The van der Waals surface area contributed by atoms with Crippen molar-refractivity contribution in [1.82, 2.24) is 0 Å². The Balaban J connectivity index is 1.64. The Labute approximate surface area is 193 Å². The minimum Gasteiger partial charge on any atom is -0.508 e. The molecule has 13 nitrogen and oxygen atoms in total. The van der Waals surface area contributed by atoms with E-state index in [1.807, 2.05) is 0 Å². The third kappa shape index (κ3) is 5.55. The van der Waals surface area contributed by atoms with E-state index in [1.165, 1.54) is 18.2 Å². The van der Waals surface area contributed by atoms with Crippen molar-refractivity contribution in [2.24, 2.45) is 0 Å². The van der Waals surface area contributed by atoms with Crippen molar-refractivity contribution < 1.29 is 64.6 Å². The predicted octanol–water partition coefficient (Wildman–Crippen LogP) is -3.43. The normalized spacial score (nSPS) is 38.3. The maximum absolute atomic E-state index is 12.0. The lowest BCUT2D eigenvalue weighted by atomic mass is 9.99. The van der Waals surface area contributed by atoms with E-state index in [4.69, 9.17) is 18.9 Å². The second-order valence-corrected chi connectivity index (χ2v) is 7.93. The Hall–Kier alpha value is -2.17. The highest BCUT2D eigenvalue weighted by atomic mass is 16.8. The number of carbonyl (C=O) groups excluding carboxylic acids is 1. The number of ether oxygens (including phenoxy) is 4. The van der Waals surface area contributed by atoms with Crippen LogP contribution in [0.25, 0.3) is 6.08 Å². The van der Waals surface area contributed by atoms with Crippen LogP contribution in [0.15, 0.2) is 30.3 Å². The SMILES string of the molecule is O=C(C=Cc1ccc(O)cc1)OCC1OC(OC2(CO)OC(CO)C(O)C2O)C(O)C(O)C1O. The second-order valence-electron chi connectivity index (χ2n) is 7.93. The van der Waals surface area contributed by atoms with E-state index in [-0.39, 0.29) is 5.75 Å². The first-order valence-corrected chi connectivity index (χ1v) is 10.4. The molecule has 1 aromatic rings. The average molecular weight is 488 g/mol. The van der Waals surface area contributed by atoms with Gasteiger partial charge in [0.15, 0.2) is 6.29 Å². The minimum absolute atomic E-state index is 0.0561. The van der Waals surface area contributed by atoms with E-state index in [0.717, 1.165) is 6.08 Å². The molecule has 0 aromatic heterocycles. The molecule has 190 valence electrons. The van der Waals surface area contributed by atoms with Gasteiger partial charge in [0.05, 0.1) is 6.61 Å². The summed E-state index contributed by atoms with van der Waals surface area (Å²) in [5.74, 6) is -3.08. The Morgan fingerprint density at radius 3 is 2.24 bits per heavy atom. The van der Waals surface area contributed by atoms with Gasteiger partial charge in [-0.15, -0.1) is 0 Å². The number of aliphatic hydroxyl groups excluding tert-OH is 7. The highest BCUT2D eigenvalue weighted by Crippen LogP contribution is 2.36. The van der Waals surface area contributed by atoms with Gasteiger partial charge in [-0.3, -0.25) is 0 Å². The first-order chi connectivity index (χ1) is 16.1. The molecule has 3 rings (SSSR count). The van der Waals surface area contributed by atoms with E-state index < -0.39 is 80.6 Å². The molecule has 2 fully saturated rings. The fourth-order valence-corrected chi connectivity index (χ4v) is 3.58. The van der Waals surface area contributed by atoms with E-state index in [0.29, 0.717) is 5.56 Å². The van der Waals surface area contributed by atoms with E-state index in [9.17, 15) is 45.6 Å². The number of benzene rings is 1. The van der Waals surface area contributed by atoms with Crippen LogP contribution in [-0.4, -0.2) is 121 Å². The lowest BCUT2D eigenvalue weighted by Gasteiger charge is -2.43. The number of aliphatic hydroxyl groups is 7. The average Bonchev–Trinajstić information content (AvgIpc) is 3.08. The molecule has 0 amide bonds. The number of phenols is 1. The number of carbonyl (C=O) groups is 1. The lowest BCUT2D eigenvalue weighted by molar-refractivity contribution is -0.383. The summed E-state index contributed by atoms with van der Waals surface area (Å²) in [6.45, 7) is -2.30. The highest BCUT2D eigenvalue weighted by molar-refractivity contribution is 5.87. The zero-order valence-corrected chi connectivity index (χ0v) is 17.8. The molecule has 9 unspecified atom stereocenters. The standard InChI is InChI=1S/C21H28O13/c22-7-12-16(27)19(30)21(9-23,33-12)34-20-18(29)17(28)15(26)13(32-20)8-31-14(25)6-3-10-1-4-11(24)5-2-10/h1-6,12-13,15-20,22-24,26-30H,7-9H2. The van der Waals surface area contributed by atoms with Crippen LogP contribution in [-0.2, 0) is 23.7 Å². The summed E-state index contributed by atoms with van der Waals surface area (Å²) >= 11 is 0. The molecule has 2 heterocycles. The summed E-state index contributed by atoms with van der Waals surface area (Å²) < 4.78 is 21.0. The minimum atomic E-state index is -2.31. The Morgan fingerprint density at radius 2 is 1.65 bits per heavy atom. The van der Waals surface area contributed by atoms with Crippen molar-refractivity contribution in [3.8, 4) is 5.75 Å². The van der Waals surface area contributed by atoms with Crippen molar-refractivity contribution in [2.45, 2.75) is 54.8 Å².